The topological polar surface area (TPSA) is 9.23 Å². The fraction of sp³-hybridized carbons (Fsp3) is 0.125. The standard InChI is InChI=1S/C16H12F4O/c1-2-21-12-9-8-11(15(19)16(12)20)14(18)13(17)10-6-4-3-5-7-10/h3-9H,2H2,1H3. The summed E-state index contributed by atoms with van der Waals surface area (Å²) >= 11 is 0. The van der Waals surface area contributed by atoms with Crippen LogP contribution in [0, 0.1) is 11.6 Å². The molecule has 0 aliphatic carbocycles. The minimum absolute atomic E-state index is 0.0521. The van der Waals surface area contributed by atoms with Crippen molar-refractivity contribution in [3.63, 3.8) is 0 Å². The van der Waals surface area contributed by atoms with Crippen molar-refractivity contribution in [1.82, 2.24) is 0 Å². The monoisotopic (exact) mass is 296 g/mol. The molecule has 0 unspecified atom stereocenters. The summed E-state index contributed by atoms with van der Waals surface area (Å²) in [6.45, 7) is 1.73. The number of benzene rings is 2. The van der Waals surface area contributed by atoms with E-state index in [1.807, 2.05) is 0 Å². The highest BCUT2D eigenvalue weighted by Crippen LogP contribution is 2.33. The molecule has 0 aliphatic heterocycles. The first-order valence-corrected chi connectivity index (χ1v) is 6.28. The van der Waals surface area contributed by atoms with Gasteiger partial charge in [-0.25, -0.2) is 13.2 Å². The van der Waals surface area contributed by atoms with E-state index >= 15 is 0 Å². The summed E-state index contributed by atoms with van der Waals surface area (Å²) in [6, 6.07) is 9.33. The normalized spacial score (nSPS) is 12.0. The summed E-state index contributed by atoms with van der Waals surface area (Å²) in [5.41, 5.74) is -0.832. The smallest absolute Gasteiger partial charge is 0.201 e. The highest BCUT2D eigenvalue weighted by Gasteiger charge is 2.20. The molecule has 0 radical (unpaired) electrons. The Hall–Kier alpha value is -2.30. The van der Waals surface area contributed by atoms with E-state index in [1.54, 1.807) is 13.0 Å². The lowest BCUT2D eigenvalue weighted by Crippen LogP contribution is -2.00. The van der Waals surface area contributed by atoms with Gasteiger partial charge in [0.25, 0.3) is 0 Å². The molecule has 0 saturated heterocycles. The molecule has 0 heterocycles. The summed E-state index contributed by atoms with van der Waals surface area (Å²) < 4.78 is 60.3. The lowest BCUT2D eigenvalue weighted by atomic mass is 10.1. The average molecular weight is 296 g/mol. The van der Waals surface area contributed by atoms with Gasteiger partial charge in [0.1, 0.15) is 0 Å². The number of hydrogen-bond acceptors (Lipinski definition) is 1. The van der Waals surface area contributed by atoms with Crippen LogP contribution in [0.25, 0.3) is 11.7 Å². The van der Waals surface area contributed by atoms with Crippen molar-refractivity contribution in [2.45, 2.75) is 6.92 Å². The zero-order chi connectivity index (χ0) is 15.4. The van der Waals surface area contributed by atoms with Crippen LogP contribution >= 0.6 is 0 Å². The highest BCUT2D eigenvalue weighted by atomic mass is 19.2. The van der Waals surface area contributed by atoms with Crippen LogP contribution in [0.3, 0.4) is 0 Å². The number of halogens is 4. The zero-order valence-electron chi connectivity index (χ0n) is 11.2. The van der Waals surface area contributed by atoms with Crippen LogP contribution in [0.2, 0.25) is 0 Å². The molecule has 0 aliphatic rings. The predicted molar refractivity (Wildman–Crippen MR) is 73.0 cm³/mol. The van der Waals surface area contributed by atoms with E-state index in [2.05, 4.69) is 0 Å². The van der Waals surface area contributed by atoms with Crippen LogP contribution in [0.15, 0.2) is 42.5 Å². The lowest BCUT2D eigenvalue weighted by Gasteiger charge is -2.08. The molecule has 0 N–H and O–H groups in total. The summed E-state index contributed by atoms with van der Waals surface area (Å²) in [5, 5.41) is 0. The van der Waals surface area contributed by atoms with Crippen LogP contribution in [0.1, 0.15) is 18.1 Å². The van der Waals surface area contributed by atoms with Crippen molar-refractivity contribution >= 4 is 11.7 Å². The van der Waals surface area contributed by atoms with Crippen molar-refractivity contribution in [3.05, 3.63) is 65.2 Å². The van der Waals surface area contributed by atoms with E-state index in [1.165, 1.54) is 24.3 Å². The van der Waals surface area contributed by atoms with E-state index in [0.29, 0.717) is 0 Å². The second kappa shape index (κ2) is 6.43. The Morgan fingerprint density at radius 1 is 0.905 bits per heavy atom. The second-order valence-corrected chi connectivity index (χ2v) is 4.17. The first-order chi connectivity index (χ1) is 10.1. The highest BCUT2D eigenvalue weighted by molar-refractivity contribution is 5.83. The number of ether oxygens (including phenoxy) is 1. The molecule has 0 fully saturated rings. The fourth-order valence-corrected chi connectivity index (χ4v) is 1.80. The molecule has 21 heavy (non-hydrogen) atoms. The van der Waals surface area contributed by atoms with Crippen LogP contribution < -0.4 is 4.74 Å². The van der Waals surface area contributed by atoms with E-state index in [0.717, 1.165) is 12.1 Å². The van der Waals surface area contributed by atoms with Gasteiger partial charge < -0.3 is 4.74 Å². The molecular formula is C16H12F4O. The van der Waals surface area contributed by atoms with Gasteiger partial charge in [-0.3, -0.25) is 0 Å². The number of hydrogen-bond donors (Lipinski definition) is 0. The van der Waals surface area contributed by atoms with Gasteiger partial charge in [-0.2, -0.15) is 4.39 Å². The fourth-order valence-electron chi connectivity index (χ4n) is 1.80. The third-order valence-corrected chi connectivity index (χ3v) is 2.80. The van der Waals surface area contributed by atoms with Gasteiger partial charge >= 0.3 is 0 Å². The van der Waals surface area contributed by atoms with Gasteiger partial charge in [-0.1, -0.05) is 30.3 Å². The van der Waals surface area contributed by atoms with Crippen molar-refractivity contribution in [2.24, 2.45) is 0 Å². The quantitative estimate of drug-likeness (QED) is 0.561. The van der Waals surface area contributed by atoms with Crippen LogP contribution in [-0.4, -0.2) is 6.61 Å². The molecule has 0 aromatic heterocycles. The Bertz CT molecular complexity index is 665. The summed E-state index contributed by atoms with van der Waals surface area (Å²) in [5.74, 6) is -5.87. The molecule has 0 bridgehead atoms. The van der Waals surface area contributed by atoms with Crippen LogP contribution in [0.4, 0.5) is 17.6 Å². The third-order valence-electron chi connectivity index (χ3n) is 2.80. The average Bonchev–Trinajstić information content (AvgIpc) is 2.52. The largest absolute Gasteiger partial charge is 0.491 e. The van der Waals surface area contributed by atoms with Crippen molar-refractivity contribution < 1.29 is 22.3 Å². The second-order valence-electron chi connectivity index (χ2n) is 4.17. The zero-order valence-corrected chi connectivity index (χ0v) is 11.2. The minimum atomic E-state index is -1.48. The van der Waals surface area contributed by atoms with E-state index in [-0.39, 0.29) is 17.9 Å². The molecule has 1 nitrogen and oxygen atoms in total. The molecule has 5 heteroatoms. The number of rotatable bonds is 4. The lowest BCUT2D eigenvalue weighted by molar-refractivity contribution is 0.313. The first-order valence-electron chi connectivity index (χ1n) is 6.28. The van der Waals surface area contributed by atoms with E-state index in [4.69, 9.17) is 4.74 Å². The summed E-state index contributed by atoms with van der Waals surface area (Å²) in [7, 11) is 0. The van der Waals surface area contributed by atoms with Gasteiger partial charge in [0.2, 0.25) is 5.82 Å². The molecule has 2 rings (SSSR count). The molecule has 2 aromatic carbocycles. The summed E-state index contributed by atoms with van der Waals surface area (Å²) in [6.07, 6.45) is 0. The molecule has 0 amide bonds. The molecule has 0 spiro atoms. The molecule has 2 aromatic rings. The maximum Gasteiger partial charge on any atom is 0.201 e. The van der Waals surface area contributed by atoms with Gasteiger partial charge in [0.15, 0.2) is 23.2 Å². The molecule has 0 saturated carbocycles. The predicted octanol–water partition coefficient (Wildman–Crippen LogP) is 5.13. The van der Waals surface area contributed by atoms with Crippen LogP contribution in [-0.2, 0) is 0 Å². The van der Waals surface area contributed by atoms with Gasteiger partial charge in [-0.05, 0) is 19.1 Å². The Morgan fingerprint density at radius 3 is 2.19 bits per heavy atom. The van der Waals surface area contributed by atoms with Gasteiger partial charge in [0.05, 0.1) is 12.2 Å². The maximum absolute atomic E-state index is 14.0. The molecule has 0 atom stereocenters. The van der Waals surface area contributed by atoms with Gasteiger partial charge in [-0.15, -0.1) is 0 Å². The third kappa shape index (κ3) is 3.07. The minimum Gasteiger partial charge on any atom is -0.491 e. The SMILES string of the molecule is CCOc1ccc(C(F)=C(F)c2ccccc2)c(F)c1F. The van der Waals surface area contributed by atoms with Crippen molar-refractivity contribution in [2.75, 3.05) is 6.61 Å². The van der Waals surface area contributed by atoms with Crippen LogP contribution in [0.5, 0.6) is 5.75 Å². The Labute approximate surface area is 119 Å². The van der Waals surface area contributed by atoms with E-state index in [9.17, 15) is 17.6 Å². The molecule has 110 valence electrons. The van der Waals surface area contributed by atoms with Crippen molar-refractivity contribution in [1.29, 1.82) is 0 Å². The summed E-state index contributed by atoms with van der Waals surface area (Å²) in [4.78, 5) is 0. The Balaban J connectivity index is 2.49. The molecular weight excluding hydrogens is 284 g/mol. The maximum atomic E-state index is 14.0. The Kier molecular flexibility index (Phi) is 4.62. The first kappa shape index (κ1) is 15.1. The van der Waals surface area contributed by atoms with Gasteiger partial charge in [0, 0.05) is 5.56 Å². The Morgan fingerprint density at radius 2 is 1.57 bits per heavy atom. The van der Waals surface area contributed by atoms with E-state index < -0.39 is 28.9 Å². The van der Waals surface area contributed by atoms with Crippen molar-refractivity contribution in [3.8, 4) is 5.75 Å².